The minimum absolute atomic E-state index is 0.949. The van der Waals surface area contributed by atoms with E-state index in [2.05, 4.69) is 33.8 Å². The zero-order valence-corrected chi connectivity index (χ0v) is 9.14. The van der Waals surface area contributed by atoms with Crippen LogP contribution in [0.1, 0.15) is 25.0 Å². The van der Waals surface area contributed by atoms with Gasteiger partial charge in [0, 0.05) is 12.1 Å². The molecule has 0 aliphatic carbocycles. The molecular weight excluding hydrogens is 186 g/mol. The average molecular weight is 201 g/mol. The van der Waals surface area contributed by atoms with E-state index in [4.69, 9.17) is 0 Å². The largest absolute Gasteiger partial charge is 0.283 e. The van der Waals surface area contributed by atoms with Crippen LogP contribution in [0.15, 0.2) is 30.3 Å². The summed E-state index contributed by atoms with van der Waals surface area (Å²) in [5.41, 5.74) is 1.14. The molecule has 78 valence electrons. The number of hydrogen-bond acceptors (Lipinski definition) is 2. The fourth-order valence-corrected chi connectivity index (χ4v) is 1.70. The Morgan fingerprint density at radius 1 is 1.13 bits per heavy atom. The van der Waals surface area contributed by atoms with Gasteiger partial charge in [-0.05, 0) is 25.5 Å². The maximum atomic E-state index is 4.19. The minimum Gasteiger partial charge on any atom is -0.283 e. The Balaban J connectivity index is 2.47. The second-order valence-electron chi connectivity index (χ2n) is 3.58. The van der Waals surface area contributed by atoms with Crippen molar-refractivity contribution in [3.63, 3.8) is 0 Å². The van der Waals surface area contributed by atoms with Gasteiger partial charge in [0.25, 0.3) is 0 Å². The first kappa shape index (κ1) is 9.90. The third-order valence-corrected chi connectivity index (χ3v) is 2.38. The maximum Gasteiger partial charge on any atom is 0.137 e. The van der Waals surface area contributed by atoms with Crippen molar-refractivity contribution < 1.29 is 0 Å². The Morgan fingerprint density at radius 3 is 2.53 bits per heavy atom. The Bertz CT molecular complexity index is 431. The fraction of sp³-hybridized carbons (Fsp3) is 0.333. The van der Waals surface area contributed by atoms with Crippen LogP contribution in [0, 0.1) is 6.92 Å². The number of nitrogens with zero attached hydrogens (tertiary/aromatic N) is 3. The third kappa shape index (κ3) is 1.91. The molecule has 0 N–H and O–H groups in total. The van der Waals surface area contributed by atoms with Crippen LogP contribution >= 0.6 is 0 Å². The lowest BCUT2D eigenvalue weighted by molar-refractivity contribution is 0.798. The number of aromatic nitrogens is 3. The molecule has 0 radical (unpaired) electrons. The van der Waals surface area contributed by atoms with Gasteiger partial charge in [-0.15, -0.1) is 10.2 Å². The predicted octanol–water partition coefficient (Wildman–Crippen LogP) is 2.53. The van der Waals surface area contributed by atoms with Gasteiger partial charge in [-0.3, -0.25) is 4.57 Å². The molecule has 2 aromatic rings. The van der Waals surface area contributed by atoms with Gasteiger partial charge in [0.05, 0.1) is 0 Å². The molecule has 0 spiro atoms. The molecule has 1 aromatic heterocycles. The molecule has 0 saturated carbocycles. The van der Waals surface area contributed by atoms with Crippen LogP contribution in [-0.4, -0.2) is 14.8 Å². The molecule has 1 heterocycles. The molecular formula is C12H15N3. The van der Waals surface area contributed by atoms with E-state index in [1.165, 1.54) is 0 Å². The van der Waals surface area contributed by atoms with Crippen LogP contribution in [-0.2, 0) is 6.42 Å². The van der Waals surface area contributed by atoms with Crippen LogP contribution in [0.25, 0.3) is 5.69 Å². The molecule has 0 unspecified atom stereocenters. The number of aryl methyl sites for hydroxylation is 2. The van der Waals surface area contributed by atoms with Crippen molar-refractivity contribution in [3.05, 3.63) is 42.0 Å². The van der Waals surface area contributed by atoms with E-state index >= 15 is 0 Å². The van der Waals surface area contributed by atoms with Gasteiger partial charge in [-0.2, -0.15) is 0 Å². The van der Waals surface area contributed by atoms with E-state index in [1.54, 1.807) is 0 Å². The second kappa shape index (κ2) is 4.26. The number of rotatable bonds is 3. The Kier molecular flexibility index (Phi) is 2.81. The zero-order valence-electron chi connectivity index (χ0n) is 9.14. The lowest BCUT2D eigenvalue weighted by Gasteiger charge is -2.07. The predicted molar refractivity (Wildman–Crippen MR) is 60.1 cm³/mol. The summed E-state index contributed by atoms with van der Waals surface area (Å²) in [6, 6.07) is 10.2. The molecule has 0 saturated heterocycles. The van der Waals surface area contributed by atoms with Gasteiger partial charge in [0.15, 0.2) is 0 Å². The standard InChI is InChI=1S/C12H15N3/c1-3-7-12-14-13-10(2)15(12)11-8-5-4-6-9-11/h4-6,8-9H,3,7H2,1-2H3. The molecule has 3 heteroatoms. The van der Waals surface area contributed by atoms with E-state index in [-0.39, 0.29) is 0 Å². The fourth-order valence-electron chi connectivity index (χ4n) is 1.70. The van der Waals surface area contributed by atoms with Gasteiger partial charge < -0.3 is 0 Å². The monoisotopic (exact) mass is 201 g/mol. The summed E-state index contributed by atoms with van der Waals surface area (Å²) in [6.07, 6.45) is 2.06. The van der Waals surface area contributed by atoms with Crippen molar-refractivity contribution in [1.29, 1.82) is 0 Å². The summed E-state index contributed by atoms with van der Waals surface area (Å²) < 4.78 is 2.11. The van der Waals surface area contributed by atoms with E-state index in [0.29, 0.717) is 0 Å². The molecule has 2 rings (SSSR count). The molecule has 0 bridgehead atoms. The smallest absolute Gasteiger partial charge is 0.137 e. The van der Waals surface area contributed by atoms with Crippen LogP contribution < -0.4 is 0 Å². The summed E-state index contributed by atoms with van der Waals surface area (Å²) in [7, 11) is 0. The van der Waals surface area contributed by atoms with Crippen LogP contribution in [0.4, 0.5) is 0 Å². The van der Waals surface area contributed by atoms with Crippen LogP contribution in [0.5, 0.6) is 0 Å². The van der Waals surface area contributed by atoms with Crippen molar-refractivity contribution in [2.45, 2.75) is 26.7 Å². The topological polar surface area (TPSA) is 30.7 Å². The quantitative estimate of drug-likeness (QED) is 0.764. The maximum absolute atomic E-state index is 4.19. The Morgan fingerprint density at radius 2 is 1.87 bits per heavy atom. The summed E-state index contributed by atoms with van der Waals surface area (Å²) >= 11 is 0. The van der Waals surface area contributed by atoms with Crippen molar-refractivity contribution in [2.24, 2.45) is 0 Å². The number of para-hydroxylation sites is 1. The molecule has 0 atom stereocenters. The highest BCUT2D eigenvalue weighted by molar-refractivity contribution is 5.33. The lowest BCUT2D eigenvalue weighted by Crippen LogP contribution is -2.02. The average Bonchev–Trinajstić information content (AvgIpc) is 2.62. The molecule has 3 nitrogen and oxygen atoms in total. The number of benzene rings is 1. The van der Waals surface area contributed by atoms with E-state index in [9.17, 15) is 0 Å². The first-order valence-electron chi connectivity index (χ1n) is 5.29. The summed E-state index contributed by atoms with van der Waals surface area (Å²) in [6.45, 7) is 4.14. The highest BCUT2D eigenvalue weighted by Crippen LogP contribution is 2.13. The van der Waals surface area contributed by atoms with E-state index < -0.39 is 0 Å². The lowest BCUT2D eigenvalue weighted by atomic mass is 10.3. The van der Waals surface area contributed by atoms with Crippen molar-refractivity contribution in [1.82, 2.24) is 14.8 Å². The molecule has 1 aromatic carbocycles. The number of hydrogen-bond donors (Lipinski definition) is 0. The molecule has 0 aliphatic rings. The molecule has 15 heavy (non-hydrogen) atoms. The van der Waals surface area contributed by atoms with E-state index in [1.807, 2.05) is 25.1 Å². The molecule has 0 fully saturated rings. The van der Waals surface area contributed by atoms with Gasteiger partial charge in [0.2, 0.25) is 0 Å². The van der Waals surface area contributed by atoms with Crippen molar-refractivity contribution in [3.8, 4) is 5.69 Å². The molecule has 0 aliphatic heterocycles. The van der Waals surface area contributed by atoms with Gasteiger partial charge in [0.1, 0.15) is 11.6 Å². The highest BCUT2D eigenvalue weighted by atomic mass is 15.3. The van der Waals surface area contributed by atoms with Gasteiger partial charge in [-0.1, -0.05) is 25.1 Å². The van der Waals surface area contributed by atoms with Gasteiger partial charge in [-0.25, -0.2) is 0 Å². The second-order valence-corrected chi connectivity index (χ2v) is 3.58. The molecule has 0 amide bonds. The normalized spacial score (nSPS) is 10.5. The summed E-state index contributed by atoms with van der Waals surface area (Å²) in [4.78, 5) is 0. The Labute approximate surface area is 89.8 Å². The van der Waals surface area contributed by atoms with E-state index in [0.717, 1.165) is 30.2 Å². The SMILES string of the molecule is CCCc1nnc(C)n1-c1ccccc1. The zero-order chi connectivity index (χ0) is 10.7. The third-order valence-electron chi connectivity index (χ3n) is 2.38. The van der Waals surface area contributed by atoms with Gasteiger partial charge >= 0.3 is 0 Å². The van der Waals surface area contributed by atoms with Crippen LogP contribution in [0.3, 0.4) is 0 Å². The summed E-state index contributed by atoms with van der Waals surface area (Å²) in [5.74, 6) is 1.99. The van der Waals surface area contributed by atoms with Crippen molar-refractivity contribution in [2.75, 3.05) is 0 Å². The van der Waals surface area contributed by atoms with Crippen molar-refractivity contribution >= 4 is 0 Å². The highest BCUT2D eigenvalue weighted by Gasteiger charge is 2.08. The van der Waals surface area contributed by atoms with Crippen LogP contribution in [0.2, 0.25) is 0 Å². The Hall–Kier alpha value is -1.64. The first-order valence-corrected chi connectivity index (χ1v) is 5.29. The minimum atomic E-state index is 0.949. The summed E-state index contributed by atoms with van der Waals surface area (Å²) in [5, 5.41) is 8.32. The first-order chi connectivity index (χ1) is 7.33.